The fraction of sp³-hybridized carbons (Fsp3) is 0.292. The monoisotopic (exact) mass is 417 g/mol. The lowest BCUT2D eigenvalue weighted by molar-refractivity contribution is 0.198. The average Bonchev–Trinajstić information content (AvgIpc) is 2.80. The van der Waals surface area contributed by atoms with Gasteiger partial charge in [-0.1, -0.05) is 24.3 Å². The summed E-state index contributed by atoms with van der Waals surface area (Å²) in [6.45, 7) is 4.95. The summed E-state index contributed by atoms with van der Waals surface area (Å²) in [5.41, 5.74) is 4.15. The SMILES string of the molecule is COc1c(NCCNC(=O)N(C)C(C)C)cnc2c(-c3ccc(C#N)cc3)cccc12. The second kappa shape index (κ2) is 9.81. The van der Waals surface area contributed by atoms with Crippen LogP contribution in [0.25, 0.3) is 22.0 Å². The highest BCUT2D eigenvalue weighted by molar-refractivity contribution is 5.99. The lowest BCUT2D eigenvalue weighted by Gasteiger charge is -2.22. The van der Waals surface area contributed by atoms with E-state index in [1.54, 1.807) is 37.4 Å². The topological polar surface area (TPSA) is 90.3 Å². The maximum atomic E-state index is 12.0. The second-order valence-electron chi connectivity index (χ2n) is 7.46. The van der Waals surface area contributed by atoms with Gasteiger partial charge in [0.25, 0.3) is 0 Å². The number of anilines is 1. The molecule has 0 aliphatic carbocycles. The highest BCUT2D eigenvalue weighted by Crippen LogP contribution is 2.36. The Morgan fingerprint density at radius 3 is 2.58 bits per heavy atom. The van der Waals surface area contributed by atoms with Gasteiger partial charge in [-0.2, -0.15) is 5.26 Å². The number of para-hydroxylation sites is 1. The molecular weight excluding hydrogens is 390 g/mol. The number of amides is 2. The number of benzene rings is 2. The molecule has 0 saturated carbocycles. The van der Waals surface area contributed by atoms with Crippen molar-refractivity contribution < 1.29 is 9.53 Å². The maximum absolute atomic E-state index is 12.0. The van der Waals surface area contributed by atoms with Crippen LogP contribution in [0.1, 0.15) is 19.4 Å². The van der Waals surface area contributed by atoms with Crippen LogP contribution in [0.2, 0.25) is 0 Å². The number of hydrogen-bond acceptors (Lipinski definition) is 5. The van der Waals surface area contributed by atoms with Crippen LogP contribution in [0.4, 0.5) is 10.5 Å². The molecule has 1 heterocycles. The van der Waals surface area contributed by atoms with Crippen molar-refractivity contribution in [2.75, 3.05) is 32.6 Å². The summed E-state index contributed by atoms with van der Waals surface area (Å²) in [6.07, 6.45) is 1.75. The van der Waals surface area contributed by atoms with Gasteiger partial charge in [0.15, 0.2) is 5.75 Å². The van der Waals surface area contributed by atoms with Gasteiger partial charge in [-0.05, 0) is 37.6 Å². The van der Waals surface area contributed by atoms with Crippen LogP contribution in [0.15, 0.2) is 48.7 Å². The van der Waals surface area contributed by atoms with Crippen LogP contribution >= 0.6 is 0 Å². The number of pyridine rings is 1. The van der Waals surface area contributed by atoms with E-state index in [0.29, 0.717) is 24.4 Å². The van der Waals surface area contributed by atoms with Crippen LogP contribution in [-0.4, -0.2) is 49.2 Å². The minimum absolute atomic E-state index is 0.104. The van der Waals surface area contributed by atoms with Crippen LogP contribution in [0, 0.1) is 11.3 Å². The van der Waals surface area contributed by atoms with Gasteiger partial charge in [0, 0.05) is 37.1 Å². The van der Waals surface area contributed by atoms with Crippen molar-refractivity contribution in [3.63, 3.8) is 0 Å². The molecule has 0 spiro atoms. The Labute approximate surface area is 182 Å². The Bertz CT molecular complexity index is 1100. The van der Waals surface area contributed by atoms with E-state index >= 15 is 0 Å². The van der Waals surface area contributed by atoms with Crippen molar-refractivity contribution in [2.45, 2.75) is 19.9 Å². The predicted molar refractivity (Wildman–Crippen MR) is 123 cm³/mol. The van der Waals surface area contributed by atoms with E-state index in [0.717, 1.165) is 27.7 Å². The molecule has 7 heteroatoms. The van der Waals surface area contributed by atoms with E-state index < -0.39 is 0 Å². The van der Waals surface area contributed by atoms with Crippen molar-refractivity contribution in [3.05, 3.63) is 54.2 Å². The Morgan fingerprint density at radius 2 is 1.94 bits per heavy atom. The molecule has 3 aromatic rings. The van der Waals surface area contributed by atoms with E-state index in [-0.39, 0.29) is 12.1 Å². The molecule has 2 aromatic carbocycles. The van der Waals surface area contributed by atoms with Gasteiger partial charge in [-0.3, -0.25) is 4.98 Å². The number of nitrogens with zero attached hydrogens (tertiary/aromatic N) is 3. The number of nitrogens with one attached hydrogen (secondary N) is 2. The van der Waals surface area contributed by atoms with Gasteiger partial charge in [-0.15, -0.1) is 0 Å². The van der Waals surface area contributed by atoms with Gasteiger partial charge in [0.1, 0.15) is 0 Å². The number of nitriles is 1. The standard InChI is InChI=1S/C24H27N5O2/c1-16(2)29(3)24(30)27-13-12-26-21-15-28-22-19(6-5-7-20(22)23(21)31-4)18-10-8-17(14-25)9-11-18/h5-11,15-16,26H,12-13H2,1-4H3,(H,27,30). The molecule has 0 aliphatic heterocycles. The van der Waals surface area contributed by atoms with E-state index in [2.05, 4.69) is 21.7 Å². The summed E-state index contributed by atoms with van der Waals surface area (Å²) in [5.74, 6) is 0.700. The van der Waals surface area contributed by atoms with Gasteiger partial charge >= 0.3 is 6.03 Å². The number of ether oxygens (including phenoxy) is 1. The largest absolute Gasteiger partial charge is 0.494 e. The summed E-state index contributed by atoms with van der Waals surface area (Å²) < 4.78 is 5.69. The number of urea groups is 1. The molecule has 160 valence electrons. The number of aromatic nitrogens is 1. The molecule has 0 atom stereocenters. The van der Waals surface area contributed by atoms with Crippen molar-refractivity contribution in [1.29, 1.82) is 5.26 Å². The smallest absolute Gasteiger partial charge is 0.317 e. The molecule has 2 amide bonds. The minimum atomic E-state index is -0.104. The Kier molecular flexibility index (Phi) is 6.93. The third-order valence-corrected chi connectivity index (χ3v) is 5.19. The second-order valence-corrected chi connectivity index (χ2v) is 7.46. The molecule has 3 rings (SSSR count). The first-order valence-corrected chi connectivity index (χ1v) is 10.2. The molecule has 0 saturated heterocycles. The molecule has 0 aliphatic rings. The molecule has 0 bridgehead atoms. The zero-order valence-electron chi connectivity index (χ0n) is 18.3. The van der Waals surface area contributed by atoms with E-state index in [9.17, 15) is 4.79 Å². The molecule has 31 heavy (non-hydrogen) atoms. The third kappa shape index (κ3) is 4.86. The molecule has 2 N–H and O–H groups in total. The molecule has 7 nitrogen and oxygen atoms in total. The number of carbonyl (C=O) groups excluding carboxylic acids is 1. The fourth-order valence-corrected chi connectivity index (χ4v) is 3.23. The first-order chi connectivity index (χ1) is 15.0. The minimum Gasteiger partial charge on any atom is -0.494 e. The van der Waals surface area contributed by atoms with Crippen LogP contribution < -0.4 is 15.4 Å². The quantitative estimate of drug-likeness (QED) is 0.561. The van der Waals surface area contributed by atoms with E-state index in [1.165, 1.54) is 0 Å². The van der Waals surface area contributed by atoms with Crippen LogP contribution in [0.3, 0.4) is 0 Å². The van der Waals surface area contributed by atoms with Crippen molar-refractivity contribution in [2.24, 2.45) is 0 Å². The zero-order chi connectivity index (χ0) is 22.4. The highest BCUT2D eigenvalue weighted by Gasteiger charge is 2.14. The van der Waals surface area contributed by atoms with Crippen molar-refractivity contribution in [1.82, 2.24) is 15.2 Å². The number of hydrogen-bond donors (Lipinski definition) is 2. The summed E-state index contributed by atoms with van der Waals surface area (Å²) in [6, 6.07) is 15.6. The summed E-state index contributed by atoms with van der Waals surface area (Å²) >= 11 is 0. The Hall–Kier alpha value is -3.79. The van der Waals surface area contributed by atoms with Gasteiger partial charge in [0.05, 0.1) is 36.1 Å². The summed E-state index contributed by atoms with van der Waals surface area (Å²) in [7, 11) is 3.41. The first-order valence-electron chi connectivity index (χ1n) is 10.2. The van der Waals surface area contributed by atoms with E-state index in [4.69, 9.17) is 10.00 Å². The molecular formula is C24H27N5O2. The Balaban J connectivity index is 1.80. The van der Waals surface area contributed by atoms with Crippen LogP contribution in [-0.2, 0) is 0 Å². The zero-order valence-corrected chi connectivity index (χ0v) is 18.3. The molecule has 0 unspecified atom stereocenters. The Morgan fingerprint density at radius 1 is 1.19 bits per heavy atom. The van der Waals surface area contributed by atoms with Gasteiger partial charge in [-0.25, -0.2) is 4.79 Å². The number of methoxy groups -OCH3 is 1. The highest BCUT2D eigenvalue weighted by atomic mass is 16.5. The lowest BCUT2D eigenvalue weighted by atomic mass is 10.0. The third-order valence-electron chi connectivity index (χ3n) is 5.19. The molecule has 0 fully saturated rings. The van der Waals surface area contributed by atoms with Crippen molar-refractivity contribution >= 4 is 22.6 Å². The normalized spacial score (nSPS) is 10.6. The first kappa shape index (κ1) is 21.9. The average molecular weight is 418 g/mol. The van der Waals surface area contributed by atoms with Crippen molar-refractivity contribution in [3.8, 4) is 22.9 Å². The molecule has 1 aromatic heterocycles. The van der Waals surface area contributed by atoms with Gasteiger partial charge in [0.2, 0.25) is 0 Å². The summed E-state index contributed by atoms with van der Waals surface area (Å²) in [4.78, 5) is 18.4. The number of rotatable bonds is 7. The molecule has 0 radical (unpaired) electrons. The van der Waals surface area contributed by atoms with Gasteiger partial charge < -0.3 is 20.3 Å². The van der Waals surface area contributed by atoms with Crippen LogP contribution in [0.5, 0.6) is 5.75 Å². The lowest BCUT2D eigenvalue weighted by Crippen LogP contribution is -2.42. The summed E-state index contributed by atoms with van der Waals surface area (Å²) in [5, 5.41) is 16.1. The predicted octanol–water partition coefficient (Wildman–Crippen LogP) is 4.24. The number of fused-ring (bicyclic) bond motifs is 1. The maximum Gasteiger partial charge on any atom is 0.317 e. The van der Waals surface area contributed by atoms with E-state index in [1.807, 2.05) is 44.2 Å². The fourth-order valence-electron chi connectivity index (χ4n) is 3.23. The number of carbonyl (C=O) groups is 1.